The molecule has 1 rings (SSSR count). The normalized spacial score (nSPS) is 34.2. The predicted octanol–water partition coefficient (Wildman–Crippen LogP) is 0.757. The van der Waals surface area contributed by atoms with Gasteiger partial charge in [-0.1, -0.05) is 0 Å². The van der Waals surface area contributed by atoms with Gasteiger partial charge in [-0.25, -0.2) is 0 Å². The molecule has 1 unspecified atom stereocenters. The highest BCUT2D eigenvalue weighted by Crippen LogP contribution is 2.18. The van der Waals surface area contributed by atoms with Crippen LogP contribution >= 0.6 is 0 Å². The molecule has 1 aliphatic rings. The molecule has 10 heavy (non-hydrogen) atoms. The van der Waals surface area contributed by atoms with E-state index in [1.54, 1.807) is 0 Å². The summed E-state index contributed by atoms with van der Waals surface area (Å²) in [5, 5.41) is 12.1. The van der Waals surface area contributed by atoms with Crippen LogP contribution in [-0.2, 0) is 0 Å². The monoisotopic (exact) mass is 143 g/mol. The van der Waals surface area contributed by atoms with Crippen molar-refractivity contribution in [2.45, 2.75) is 32.2 Å². The maximum Gasteiger partial charge on any atom is 0.0433 e. The van der Waals surface area contributed by atoms with Crippen molar-refractivity contribution in [2.75, 3.05) is 13.2 Å². The lowest BCUT2D eigenvalue weighted by Gasteiger charge is -2.27. The number of aliphatic hydroxyl groups is 1. The summed E-state index contributed by atoms with van der Waals surface area (Å²) < 4.78 is 0. The third kappa shape index (κ3) is 2.27. The molecule has 0 bridgehead atoms. The van der Waals surface area contributed by atoms with Gasteiger partial charge in [-0.15, -0.1) is 0 Å². The van der Waals surface area contributed by atoms with Crippen molar-refractivity contribution in [3.63, 3.8) is 0 Å². The van der Waals surface area contributed by atoms with E-state index in [2.05, 4.69) is 12.2 Å². The van der Waals surface area contributed by atoms with Gasteiger partial charge in [0.15, 0.2) is 0 Å². The van der Waals surface area contributed by atoms with Gasteiger partial charge in [-0.3, -0.25) is 0 Å². The number of rotatable bonds is 2. The lowest BCUT2D eigenvalue weighted by Crippen LogP contribution is -2.35. The Morgan fingerprint density at radius 3 is 3.00 bits per heavy atom. The minimum Gasteiger partial charge on any atom is -0.396 e. The van der Waals surface area contributed by atoms with Gasteiger partial charge in [-0.05, 0) is 38.6 Å². The smallest absolute Gasteiger partial charge is 0.0433 e. The average Bonchev–Trinajstić information content (AvgIpc) is 1.88. The first-order valence-corrected chi connectivity index (χ1v) is 4.17. The van der Waals surface area contributed by atoms with Crippen molar-refractivity contribution in [3.8, 4) is 0 Å². The second kappa shape index (κ2) is 3.94. The van der Waals surface area contributed by atoms with E-state index in [9.17, 15) is 0 Å². The molecular weight excluding hydrogens is 126 g/mol. The Kier molecular flexibility index (Phi) is 3.16. The maximum atomic E-state index is 8.68. The Balaban J connectivity index is 2.18. The fourth-order valence-electron chi connectivity index (χ4n) is 1.68. The lowest BCUT2D eigenvalue weighted by molar-refractivity contribution is 0.220. The fourth-order valence-corrected chi connectivity index (χ4v) is 1.68. The SMILES string of the molecule is C[C@@H]1CC(CCO)CCN1. The average molecular weight is 143 g/mol. The van der Waals surface area contributed by atoms with Crippen LogP contribution in [0.4, 0.5) is 0 Å². The standard InChI is InChI=1S/C8H17NO/c1-7-6-8(3-5-10)2-4-9-7/h7-10H,2-6H2,1H3/t7-,8?/m1/s1. The lowest BCUT2D eigenvalue weighted by atomic mass is 9.91. The first-order chi connectivity index (χ1) is 4.83. The summed E-state index contributed by atoms with van der Waals surface area (Å²) >= 11 is 0. The van der Waals surface area contributed by atoms with E-state index in [1.807, 2.05) is 0 Å². The Hall–Kier alpha value is -0.0800. The molecule has 2 atom stereocenters. The van der Waals surface area contributed by atoms with E-state index in [0.717, 1.165) is 18.9 Å². The minimum absolute atomic E-state index is 0.359. The van der Waals surface area contributed by atoms with Crippen LogP contribution < -0.4 is 5.32 Å². The molecule has 0 aromatic carbocycles. The van der Waals surface area contributed by atoms with Gasteiger partial charge in [0.05, 0.1) is 0 Å². The molecule has 1 saturated heterocycles. The Morgan fingerprint density at radius 1 is 1.60 bits per heavy atom. The van der Waals surface area contributed by atoms with Gasteiger partial charge in [0, 0.05) is 12.6 Å². The van der Waals surface area contributed by atoms with Gasteiger partial charge in [0.1, 0.15) is 0 Å². The van der Waals surface area contributed by atoms with Crippen molar-refractivity contribution in [1.29, 1.82) is 0 Å². The van der Waals surface area contributed by atoms with Crippen molar-refractivity contribution in [2.24, 2.45) is 5.92 Å². The summed E-state index contributed by atoms with van der Waals surface area (Å²) in [6.07, 6.45) is 3.47. The van der Waals surface area contributed by atoms with Crippen molar-refractivity contribution in [3.05, 3.63) is 0 Å². The molecule has 0 amide bonds. The molecule has 0 saturated carbocycles. The molecule has 1 fully saturated rings. The zero-order valence-corrected chi connectivity index (χ0v) is 6.64. The number of piperidine rings is 1. The van der Waals surface area contributed by atoms with Crippen LogP contribution in [0.15, 0.2) is 0 Å². The third-order valence-corrected chi connectivity index (χ3v) is 2.27. The molecule has 0 aromatic heterocycles. The second-order valence-corrected chi connectivity index (χ2v) is 3.26. The summed E-state index contributed by atoms with van der Waals surface area (Å²) in [5.74, 6) is 0.765. The summed E-state index contributed by atoms with van der Waals surface area (Å²) in [6.45, 7) is 3.70. The van der Waals surface area contributed by atoms with E-state index in [1.165, 1.54) is 12.8 Å². The van der Waals surface area contributed by atoms with E-state index >= 15 is 0 Å². The van der Waals surface area contributed by atoms with E-state index < -0.39 is 0 Å². The van der Waals surface area contributed by atoms with E-state index in [4.69, 9.17) is 5.11 Å². The van der Waals surface area contributed by atoms with Crippen molar-refractivity contribution in [1.82, 2.24) is 5.32 Å². The van der Waals surface area contributed by atoms with Crippen LogP contribution in [0.2, 0.25) is 0 Å². The Bertz CT molecular complexity index is 93.3. The van der Waals surface area contributed by atoms with Crippen LogP contribution in [0.25, 0.3) is 0 Å². The molecule has 0 radical (unpaired) electrons. The van der Waals surface area contributed by atoms with Crippen molar-refractivity contribution < 1.29 is 5.11 Å². The van der Waals surface area contributed by atoms with E-state index in [0.29, 0.717) is 12.6 Å². The predicted molar refractivity (Wildman–Crippen MR) is 41.9 cm³/mol. The zero-order chi connectivity index (χ0) is 7.40. The van der Waals surface area contributed by atoms with Gasteiger partial charge < -0.3 is 10.4 Å². The molecule has 1 aliphatic heterocycles. The Morgan fingerprint density at radius 2 is 2.40 bits per heavy atom. The number of aliphatic hydroxyl groups excluding tert-OH is 1. The van der Waals surface area contributed by atoms with Crippen LogP contribution in [0.5, 0.6) is 0 Å². The molecule has 2 N–H and O–H groups in total. The number of hydrogen-bond donors (Lipinski definition) is 2. The first-order valence-electron chi connectivity index (χ1n) is 4.17. The molecule has 0 aliphatic carbocycles. The van der Waals surface area contributed by atoms with E-state index in [-0.39, 0.29) is 0 Å². The summed E-state index contributed by atoms with van der Waals surface area (Å²) in [7, 11) is 0. The quantitative estimate of drug-likeness (QED) is 0.598. The number of nitrogens with one attached hydrogen (secondary N) is 1. The van der Waals surface area contributed by atoms with Crippen molar-refractivity contribution >= 4 is 0 Å². The van der Waals surface area contributed by atoms with Gasteiger partial charge in [0.25, 0.3) is 0 Å². The molecule has 0 aromatic rings. The molecule has 60 valence electrons. The summed E-state index contributed by atoms with van der Waals surface area (Å²) in [5.41, 5.74) is 0. The van der Waals surface area contributed by atoms with Crippen LogP contribution in [-0.4, -0.2) is 24.3 Å². The largest absolute Gasteiger partial charge is 0.396 e. The summed E-state index contributed by atoms with van der Waals surface area (Å²) in [6, 6.07) is 0.658. The minimum atomic E-state index is 0.359. The zero-order valence-electron chi connectivity index (χ0n) is 6.64. The maximum absolute atomic E-state index is 8.68. The van der Waals surface area contributed by atoms with Crippen LogP contribution in [0.1, 0.15) is 26.2 Å². The molecule has 2 heteroatoms. The molecule has 0 spiro atoms. The summed E-state index contributed by atoms with van der Waals surface area (Å²) in [4.78, 5) is 0. The molecule has 2 nitrogen and oxygen atoms in total. The highest BCUT2D eigenvalue weighted by atomic mass is 16.3. The first kappa shape index (κ1) is 8.02. The van der Waals surface area contributed by atoms with Gasteiger partial charge in [-0.2, -0.15) is 0 Å². The van der Waals surface area contributed by atoms with Crippen LogP contribution in [0.3, 0.4) is 0 Å². The highest BCUT2D eigenvalue weighted by Gasteiger charge is 2.16. The highest BCUT2D eigenvalue weighted by molar-refractivity contribution is 4.74. The van der Waals surface area contributed by atoms with Crippen LogP contribution in [0, 0.1) is 5.92 Å². The second-order valence-electron chi connectivity index (χ2n) is 3.26. The van der Waals surface area contributed by atoms with Gasteiger partial charge >= 0.3 is 0 Å². The topological polar surface area (TPSA) is 32.3 Å². The van der Waals surface area contributed by atoms with Gasteiger partial charge in [0.2, 0.25) is 0 Å². The molecule has 1 heterocycles. The Labute approximate surface area is 62.6 Å². The molecular formula is C8H17NO. The third-order valence-electron chi connectivity index (χ3n) is 2.27. The number of hydrogen-bond acceptors (Lipinski definition) is 2. The fraction of sp³-hybridized carbons (Fsp3) is 1.00.